The van der Waals surface area contributed by atoms with Crippen molar-refractivity contribution in [3.05, 3.63) is 66.5 Å². The molecule has 1 saturated carbocycles. The number of nitrogens with two attached hydrogens (primary N) is 1. The highest BCUT2D eigenvalue weighted by Crippen LogP contribution is 2.40. The van der Waals surface area contributed by atoms with Crippen molar-refractivity contribution < 1.29 is 19.2 Å². The van der Waals surface area contributed by atoms with Crippen molar-refractivity contribution in [1.82, 2.24) is 29.5 Å². The largest absolute Gasteiger partial charge is 0.448 e. The summed E-state index contributed by atoms with van der Waals surface area (Å²) < 4.78 is 7.66. The Hall–Kier alpha value is -4.75. The summed E-state index contributed by atoms with van der Waals surface area (Å²) in [5.74, 6) is 0.283. The average Bonchev–Trinajstić information content (AvgIpc) is 3.47. The van der Waals surface area contributed by atoms with E-state index in [1.807, 2.05) is 52.0 Å². The van der Waals surface area contributed by atoms with Crippen molar-refractivity contribution in [1.29, 1.82) is 0 Å². The van der Waals surface area contributed by atoms with Gasteiger partial charge in [-0.05, 0) is 77.3 Å². The Kier molecular flexibility index (Phi) is 10.0. The van der Waals surface area contributed by atoms with Gasteiger partial charge in [-0.2, -0.15) is 5.10 Å². The molecule has 2 fully saturated rings. The van der Waals surface area contributed by atoms with E-state index in [0.717, 1.165) is 62.6 Å². The standard InChI is InChI=1S/C36H47N9O4/c1-25(46)49-45(35(47)48-36(2,3)4)30-14-10-9-11-26(30)23-43(28-12-7-6-8-13-28)34-31-32(37)38-24-39-33(31)44(40-34)29-17-15-27(16-18-29)42-21-19-41(5)20-22-42/h6-14,24,27,29H,15-23H2,1-5H3,(H2,37,38,39). The van der Waals surface area contributed by atoms with Crippen molar-refractivity contribution in [3.63, 3.8) is 0 Å². The molecule has 6 rings (SSSR count). The SMILES string of the molecule is CC(=O)ON(C(=O)OC(C)(C)C)c1ccccc1CN(c1ccccc1)c1nn(C2CCC(N3CCN(C)CC3)CC2)c2ncnc(N)c12. The first kappa shape index (κ1) is 34.1. The zero-order valence-electron chi connectivity index (χ0n) is 29.1. The lowest BCUT2D eigenvalue weighted by Gasteiger charge is -2.41. The minimum atomic E-state index is -0.812. The Bertz CT molecular complexity index is 1760. The fourth-order valence-electron chi connectivity index (χ4n) is 6.80. The van der Waals surface area contributed by atoms with Gasteiger partial charge in [-0.3, -0.25) is 4.90 Å². The molecule has 13 heteroatoms. The third kappa shape index (κ3) is 7.78. The van der Waals surface area contributed by atoms with Crippen LogP contribution in [0.3, 0.4) is 0 Å². The molecule has 13 nitrogen and oxygen atoms in total. The van der Waals surface area contributed by atoms with E-state index in [0.29, 0.717) is 40.0 Å². The van der Waals surface area contributed by atoms with E-state index in [1.165, 1.54) is 13.3 Å². The van der Waals surface area contributed by atoms with Gasteiger partial charge in [0.2, 0.25) is 0 Å². The zero-order valence-corrected chi connectivity index (χ0v) is 29.1. The van der Waals surface area contributed by atoms with Crippen LogP contribution >= 0.6 is 0 Å². The smallest absolute Gasteiger partial charge is 0.441 e. The number of hydrogen-bond donors (Lipinski definition) is 1. The summed E-state index contributed by atoms with van der Waals surface area (Å²) in [6, 6.07) is 17.8. The first-order valence-electron chi connectivity index (χ1n) is 17.0. The van der Waals surface area contributed by atoms with Crippen LogP contribution in [0, 0.1) is 0 Å². The molecule has 260 valence electrons. The Morgan fingerprint density at radius 1 is 0.918 bits per heavy atom. The number of nitrogen functional groups attached to an aromatic ring is 1. The molecule has 2 aromatic carbocycles. The predicted octanol–water partition coefficient (Wildman–Crippen LogP) is 5.70. The molecule has 4 aromatic rings. The lowest BCUT2D eigenvalue weighted by atomic mass is 9.90. The minimum Gasteiger partial charge on any atom is -0.441 e. The number of amides is 1. The third-order valence-electron chi connectivity index (χ3n) is 9.21. The van der Waals surface area contributed by atoms with Crippen molar-refractivity contribution in [2.75, 3.05) is 48.9 Å². The van der Waals surface area contributed by atoms with Gasteiger partial charge in [0.05, 0.1) is 18.3 Å². The van der Waals surface area contributed by atoms with Crippen LogP contribution in [0.1, 0.15) is 65.0 Å². The van der Waals surface area contributed by atoms with Gasteiger partial charge in [-0.15, -0.1) is 5.06 Å². The van der Waals surface area contributed by atoms with Crippen LogP contribution in [-0.4, -0.2) is 86.5 Å². The summed E-state index contributed by atoms with van der Waals surface area (Å²) in [4.78, 5) is 47.2. The van der Waals surface area contributed by atoms with Crippen LogP contribution in [0.25, 0.3) is 11.0 Å². The monoisotopic (exact) mass is 669 g/mol. The number of hydroxylamine groups is 1. The fourth-order valence-corrected chi connectivity index (χ4v) is 6.80. The molecule has 2 aliphatic rings. The molecule has 0 atom stereocenters. The van der Waals surface area contributed by atoms with Crippen molar-refractivity contribution in [2.24, 2.45) is 0 Å². The highest BCUT2D eigenvalue weighted by Gasteiger charge is 2.33. The molecule has 49 heavy (non-hydrogen) atoms. The fraction of sp³-hybridized carbons (Fsp3) is 0.472. The van der Waals surface area contributed by atoms with Crippen LogP contribution in [-0.2, 0) is 20.9 Å². The Balaban J connectivity index is 1.37. The summed E-state index contributed by atoms with van der Waals surface area (Å²) in [5.41, 5.74) is 8.38. The number of piperazine rings is 1. The topological polar surface area (TPSA) is 135 Å². The lowest BCUT2D eigenvalue weighted by molar-refractivity contribution is -0.142. The van der Waals surface area contributed by atoms with Gasteiger partial charge in [0.15, 0.2) is 11.5 Å². The molecule has 3 heterocycles. The van der Waals surface area contributed by atoms with Crippen molar-refractivity contribution in [3.8, 4) is 0 Å². The number of aromatic nitrogens is 4. The number of benzene rings is 2. The van der Waals surface area contributed by atoms with Gasteiger partial charge in [0.25, 0.3) is 0 Å². The summed E-state index contributed by atoms with van der Waals surface area (Å²) in [6.45, 7) is 11.2. The molecule has 1 saturated heterocycles. The molecule has 0 radical (unpaired) electrons. The first-order chi connectivity index (χ1) is 23.5. The van der Waals surface area contributed by atoms with E-state index in [2.05, 4.69) is 21.8 Å². The van der Waals surface area contributed by atoms with E-state index in [9.17, 15) is 9.59 Å². The summed E-state index contributed by atoms with van der Waals surface area (Å²) >= 11 is 0. The highest BCUT2D eigenvalue weighted by atomic mass is 16.8. The van der Waals surface area contributed by atoms with Crippen LogP contribution in [0.4, 0.5) is 27.8 Å². The van der Waals surface area contributed by atoms with E-state index in [4.69, 9.17) is 25.4 Å². The van der Waals surface area contributed by atoms with Gasteiger partial charge in [0, 0.05) is 44.8 Å². The third-order valence-corrected chi connectivity index (χ3v) is 9.21. The van der Waals surface area contributed by atoms with Crippen LogP contribution < -0.4 is 15.7 Å². The molecule has 1 amide bonds. The van der Waals surface area contributed by atoms with Crippen LogP contribution in [0.5, 0.6) is 0 Å². The average molecular weight is 670 g/mol. The normalized spacial score (nSPS) is 19.0. The van der Waals surface area contributed by atoms with Gasteiger partial charge < -0.3 is 25.1 Å². The molecule has 0 unspecified atom stereocenters. The predicted molar refractivity (Wildman–Crippen MR) is 189 cm³/mol. The summed E-state index contributed by atoms with van der Waals surface area (Å²) in [7, 11) is 2.19. The second-order valence-corrected chi connectivity index (χ2v) is 13.9. The maximum absolute atomic E-state index is 13.4. The van der Waals surface area contributed by atoms with Crippen molar-refractivity contribution in [2.45, 2.75) is 77.6 Å². The zero-order chi connectivity index (χ0) is 34.7. The Morgan fingerprint density at radius 2 is 1.57 bits per heavy atom. The number of para-hydroxylation sites is 2. The van der Waals surface area contributed by atoms with Gasteiger partial charge in [0.1, 0.15) is 23.1 Å². The van der Waals surface area contributed by atoms with E-state index < -0.39 is 17.7 Å². The first-order valence-corrected chi connectivity index (χ1v) is 17.0. The molecular weight excluding hydrogens is 622 g/mol. The second kappa shape index (κ2) is 14.4. The highest BCUT2D eigenvalue weighted by molar-refractivity contribution is 5.98. The van der Waals surface area contributed by atoms with E-state index in [1.54, 1.807) is 32.9 Å². The molecule has 1 aliphatic carbocycles. The number of hydrogen-bond acceptors (Lipinski definition) is 11. The number of carbonyl (C=O) groups is 2. The minimum absolute atomic E-state index is 0.158. The second-order valence-electron chi connectivity index (χ2n) is 13.9. The number of ether oxygens (including phenoxy) is 1. The van der Waals surface area contributed by atoms with Gasteiger partial charge in [-0.25, -0.2) is 24.2 Å². The Labute approximate surface area is 287 Å². The molecule has 2 N–H and O–H groups in total. The number of likely N-dealkylation sites (N-methyl/N-ethyl adjacent to an activating group) is 1. The van der Waals surface area contributed by atoms with Crippen LogP contribution in [0.15, 0.2) is 60.9 Å². The van der Waals surface area contributed by atoms with Gasteiger partial charge in [-0.1, -0.05) is 36.4 Å². The molecular formula is C36H47N9O4. The van der Waals surface area contributed by atoms with E-state index in [-0.39, 0.29) is 12.6 Å². The number of anilines is 4. The van der Waals surface area contributed by atoms with Crippen LogP contribution in [0.2, 0.25) is 0 Å². The number of carbonyl (C=O) groups excluding carboxylic acids is 2. The van der Waals surface area contributed by atoms with Crippen molar-refractivity contribution >= 4 is 46.1 Å². The Morgan fingerprint density at radius 3 is 2.24 bits per heavy atom. The number of nitrogens with zero attached hydrogens (tertiary/aromatic N) is 8. The quantitative estimate of drug-likeness (QED) is 0.243. The van der Waals surface area contributed by atoms with Gasteiger partial charge >= 0.3 is 12.1 Å². The molecule has 2 aromatic heterocycles. The maximum atomic E-state index is 13.4. The summed E-state index contributed by atoms with van der Waals surface area (Å²) in [5, 5.41) is 6.83. The lowest BCUT2D eigenvalue weighted by Crippen LogP contribution is -2.49. The molecule has 0 bridgehead atoms. The molecule has 0 spiro atoms. The maximum Gasteiger partial charge on any atom is 0.448 e. The van der Waals surface area contributed by atoms with E-state index >= 15 is 0 Å². The summed E-state index contributed by atoms with van der Waals surface area (Å²) in [6.07, 6.45) is 4.85. The molecule has 1 aliphatic heterocycles. The number of rotatable bonds is 7. The number of fused-ring (bicyclic) bond motifs is 1.